The van der Waals surface area contributed by atoms with Crippen molar-refractivity contribution < 1.29 is 9.90 Å². The fourth-order valence-corrected chi connectivity index (χ4v) is 5.02. The van der Waals surface area contributed by atoms with Gasteiger partial charge in [0.05, 0.1) is 6.54 Å². The molecule has 1 saturated heterocycles. The summed E-state index contributed by atoms with van der Waals surface area (Å²) in [6, 6.07) is 27.4. The molecule has 0 amide bonds. The van der Waals surface area contributed by atoms with Crippen LogP contribution in [-0.4, -0.2) is 48.5 Å². The fourth-order valence-electron chi connectivity index (χ4n) is 5.02. The smallest absolute Gasteiger partial charge is 0.187 e. The number of hydrogen-bond acceptors (Lipinski definition) is 4. The van der Waals surface area contributed by atoms with Crippen molar-refractivity contribution in [3.63, 3.8) is 0 Å². The van der Waals surface area contributed by atoms with Gasteiger partial charge in [0.1, 0.15) is 0 Å². The maximum absolute atomic E-state index is 13.2. The minimum Gasteiger partial charge on any atom is -0.373 e. The summed E-state index contributed by atoms with van der Waals surface area (Å²) in [7, 11) is 0. The lowest BCUT2D eigenvalue weighted by Crippen LogP contribution is -2.43. The van der Waals surface area contributed by atoms with Crippen molar-refractivity contribution in [1.82, 2.24) is 10.2 Å². The zero-order valence-corrected chi connectivity index (χ0v) is 20.1. The zero-order chi connectivity index (χ0) is 23.8. The summed E-state index contributed by atoms with van der Waals surface area (Å²) in [5.74, 6) is 0.435. The van der Waals surface area contributed by atoms with Gasteiger partial charge in [-0.05, 0) is 75.0 Å². The fraction of sp³-hybridized carbons (Fsp3) is 0.367. The van der Waals surface area contributed by atoms with Crippen molar-refractivity contribution in [2.45, 2.75) is 37.7 Å². The molecule has 0 saturated carbocycles. The van der Waals surface area contributed by atoms with Crippen molar-refractivity contribution in [2.24, 2.45) is 0 Å². The SMILES string of the molecule is Cc1cccc(C2CCN(CCCNCC(=O)C(O)(c3ccccc3)c3ccccc3)CC2)c1. The van der Waals surface area contributed by atoms with Crippen molar-refractivity contribution in [3.8, 4) is 0 Å². The number of benzene rings is 3. The third-order valence-electron chi connectivity index (χ3n) is 7.00. The first-order valence-corrected chi connectivity index (χ1v) is 12.4. The van der Waals surface area contributed by atoms with Gasteiger partial charge in [-0.15, -0.1) is 0 Å². The number of nitrogens with one attached hydrogen (secondary N) is 1. The molecule has 1 aliphatic rings. The Hall–Kier alpha value is -2.79. The molecule has 3 aromatic carbocycles. The van der Waals surface area contributed by atoms with E-state index in [0.29, 0.717) is 17.0 Å². The Morgan fingerprint density at radius 3 is 2.15 bits per heavy atom. The summed E-state index contributed by atoms with van der Waals surface area (Å²) in [6.07, 6.45) is 3.39. The number of aliphatic hydroxyl groups is 1. The molecule has 1 heterocycles. The number of likely N-dealkylation sites (tertiary alicyclic amines) is 1. The molecule has 0 spiro atoms. The summed E-state index contributed by atoms with van der Waals surface area (Å²) in [5, 5.41) is 14.8. The monoisotopic (exact) mass is 456 g/mol. The highest BCUT2D eigenvalue weighted by molar-refractivity contribution is 5.93. The molecule has 178 valence electrons. The molecule has 0 radical (unpaired) electrons. The van der Waals surface area contributed by atoms with Gasteiger partial charge in [-0.1, -0.05) is 90.5 Å². The van der Waals surface area contributed by atoms with E-state index in [-0.39, 0.29) is 12.3 Å². The lowest BCUT2D eigenvalue weighted by atomic mass is 9.82. The molecule has 2 N–H and O–H groups in total. The predicted octanol–water partition coefficient (Wildman–Crippen LogP) is 4.66. The maximum atomic E-state index is 13.2. The highest BCUT2D eigenvalue weighted by Gasteiger charge is 2.38. The molecule has 0 aromatic heterocycles. The van der Waals surface area contributed by atoms with E-state index >= 15 is 0 Å². The van der Waals surface area contributed by atoms with Crippen molar-refractivity contribution in [1.29, 1.82) is 0 Å². The average Bonchev–Trinajstić information content (AvgIpc) is 2.89. The van der Waals surface area contributed by atoms with E-state index in [1.54, 1.807) is 0 Å². The molecule has 3 aromatic rings. The van der Waals surface area contributed by atoms with Crippen molar-refractivity contribution in [3.05, 3.63) is 107 Å². The Morgan fingerprint density at radius 2 is 1.56 bits per heavy atom. The van der Waals surface area contributed by atoms with Gasteiger partial charge in [-0.3, -0.25) is 4.79 Å². The van der Waals surface area contributed by atoms with Gasteiger partial charge in [-0.2, -0.15) is 0 Å². The van der Waals surface area contributed by atoms with Gasteiger partial charge in [0.25, 0.3) is 0 Å². The first-order valence-electron chi connectivity index (χ1n) is 12.4. The number of carbonyl (C=O) groups is 1. The maximum Gasteiger partial charge on any atom is 0.187 e. The molecule has 0 bridgehead atoms. The van der Waals surface area contributed by atoms with Crippen LogP contribution in [0.15, 0.2) is 84.9 Å². The number of hydrogen-bond donors (Lipinski definition) is 2. The molecular weight excluding hydrogens is 420 g/mol. The van der Waals surface area contributed by atoms with Gasteiger partial charge in [0.2, 0.25) is 0 Å². The first kappa shape index (κ1) is 24.3. The van der Waals surface area contributed by atoms with E-state index in [9.17, 15) is 9.90 Å². The van der Waals surface area contributed by atoms with E-state index in [0.717, 1.165) is 32.6 Å². The van der Waals surface area contributed by atoms with Gasteiger partial charge >= 0.3 is 0 Å². The molecule has 1 aliphatic heterocycles. The third kappa shape index (κ3) is 5.82. The van der Waals surface area contributed by atoms with E-state index in [2.05, 4.69) is 41.4 Å². The number of ketones is 1. The van der Waals surface area contributed by atoms with Gasteiger partial charge < -0.3 is 15.3 Å². The second kappa shape index (κ2) is 11.6. The summed E-state index contributed by atoms with van der Waals surface area (Å²) in [5.41, 5.74) is 2.37. The summed E-state index contributed by atoms with van der Waals surface area (Å²) in [6.45, 7) is 6.33. The van der Waals surface area contributed by atoms with Gasteiger partial charge in [0, 0.05) is 0 Å². The number of nitrogens with zero attached hydrogens (tertiary/aromatic N) is 1. The predicted molar refractivity (Wildman–Crippen MR) is 138 cm³/mol. The van der Waals surface area contributed by atoms with Crippen molar-refractivity contribution in [2.75, 3.05) is 32.7 Å². The highest BCUT2D eigenvalue weighted by Crippen LogP contribution is 2.31. The molecule has 4 rings (SSSR count). The van der Waals surface area contributed by atoms with Crippen molar-refractivity contribution >= 4 is 5.78 Å². The molecular formula is C30H36N2O2. The highest BCUT2D eigenvalue weighted by atomic mass is 16.3. The van der Waals surface area contributed by atoms with Crippen LogP contribution in [0, 0.1) is 6.92 Å². The van der Waals surface area contributed by atoms with E-state index < -0.39 is 5.60 Å². The Balaban J connectivity index is 1.24. The summed E-state index contributed by atoms with van der Waals surface area (Å²) in [4.78, 5) is 15.7. The van der Waals surface area contributed by atoms with Crippen LogP contribution in [0.25, 0.3) is 0 Å². The number of rotatable bonds is 10. The molecule has 0 aliphatic carbocycles. The molecule has 0 atom stereocenters. The van der Waals surface area contributed by atoms with Crippen LogP contribution in [0.1, 0.15) is 47.4 Å². The Labute approximate surface area is 203 Å². The number of carbonyl (C=O) groups excluding carboxylic acids is 1. The molecule has 1 fully saturated rings. The zero-order valence-electron chi connectivity index (χ0n) is 20.1. The summed E-state index contributed by atoms with van der Waals surface area (Å²) >= 11 is 0. The van der Waals surface area contributed by atoms with Crippen LogP contribution in [0.3, 0.4) is 0 Å². The van der Waals surface area contributed by atoms with Crippen LogP contribution in [-0.2, 0) is 10.4 Å². The standard InChI is InChI=1S/C30H36N2O2/c1-24-10-8-11-26(22-24)25-16-20-32(21-17-25)19-9-18-31-23-29(33)30(34,27-12-4-2-5-13-27)28-14-6-3-7-15-28/h2-8,10-15,22,25,31,34H,9,16-21,23H2,1H3. The Kier molecular flexibility index (Phi) is 8.28. The normalized spacial score (nSPS) is 15.4. The molecule has 0 unspecified atom stereocenters. The van der Waals surface area contributed by atoms with Crippen LogP contribution in [0.4, 0.5) is 0 Å². The van der Waals surface area contributed by atoms with Crippen LogP contribution >= 0.6 is 0 Å². The van der Waals surface area contributed by atoms with E-state index in [1.807, 2.05) is 60.7 Å². The number of aryl methyl sites for hydroxylation is 1. The van der Waals surface area contributed by atoms with Crippen LogP contribution in [0.5, 0.6) is 0 Å². The number of Topliss-reactive ketones (excluding diaryl/α,β-unsaturated/α-hetero) is 1. The minimum atomic E-state index is -1.65. The molecule has 4 nitrogen and oxygen atoms in total. The summed E-state index contributed by atoms with van der Waals surface area (Å²) < 4.78 is 0. The second-order valence-corrected chi connectivity index (χ2v) is 9.43. The first-order chi connectivity index (χ1) is 16.6. The quantitative estimate of drug-likeness (QED) is 0.436. The topological polar surface area (TPSA) is 52.6 Å². The number of piperidine rings is 1. The van der Waals surface area contributed by atoms with E-state index in [4.69, 9.17) is 0 Å². The lowest BCUT2D eigenvalue weighted by molar-refractivity contribution is -0.133. The largest absolute Gasteiger partial charge is 0.373 e. The van der Waals surface area contributed by atoms with Crippen LogP contribution in [0.2, 0.25) is 0 Å². The Bertz CT molecular complexity index is 1000. The second-order valence-electron chi connectivity index (χ2n) is 9.43. The average molecular weight is 457 g/mol. The lowest BCUT2D eigenvalue weighted by Gasteiger charge is -2.32. The Morgan fingerprint density at radius 1 is 0.941 bits per heavy atom. The van der Waals surface area contributed by atoms with Crippen LogP contribution < -0.4 is 5.32 Å². The van der Waals surface area contributed by atoms with Gasteiger partial charge in [0.15, 0.2) is 11.4 Å². The van der Waals surface area contributed by atoms with E-state index in [1.165, 1.54) is 24.0 Å². The third-order valence-corrected chi connectivity index (χ3v) is 7.00. The minimum absolute atomic E-state index is 0.135. The molecule has 4 heteroatoms. The molecule has 34 heavy (non-hydrogen) atoms. The van der Waals surface area contributed by atoms with Gasteiger partial charge in [-0.25, -0.2) is 0 Å².